The molecule has 3 aromatic rings. The largest absolute Gasteiger partial charge is 0.465 e. The summed E-state index contributed by atoms with van der Waals surface area (Å²) in [6.45, 7) is 0. The van der Waals surface area contributed by atoms with Crippen molar-refractivity contribution in [2.24, 2.45) is 4.40 Å². The quantitative estimate of drug-likeness (QED) is 0.471. The fraction of sp³-hybridized carbons (Fsp3) is 0.0526. The van der Waals surface area contributed by atoms with Crippen LogP contribution in [0.2, 0.25) is 0 Å². The number of nitrogens with one attached hydrogen (secondary N) is 1. The van der Waals surface area contributed by atoms with Gasteiger partial charge < -0.3 is 4.74 Å². The van der Waals surface area contributed by atoms with Crippen molar-refractivity contribution in [2.45, 2.75) is 4.90 Å². The fourth-order valence-electron chi connectivity index (χ4n) is 2.71. The molecule has 0 spiro atoms. The molecule has 1 saturated heterocycles. The maximum atomic E-state index is 12.6. The summed E-state index contributed by atoms with van der Waals surface area (Å²) in [4.78, 5) is 28.3. The Morgan fingerprint density at radius 1 is 1.27 bits per heavy atom. The van der Waals surface area contributed by atoms with Crippen LogP contribution in [0.5, 0.6) is 0 Å². The minimum atomic E-state index is -4.21. The highest BCUT2D eigenvalue weighted by atomic mass is 32.2. The zero-order chi connectivity index (χ0) is 21.3. The standard InChI is InChI=1S/C19H13N3O5S3/c1-27-18(24)16-15(6-8-28-16)30(25,26)22-19-21-17(23)14(29-19)10-11-4-5-13-12(9-11)3-2-7-20-13/h2-10H,1H3,(H,21,22,23)/b14-10+. The number of rotatable bonds is 4. The van der Waals surface area contributed by atoms with E-state index in [1.165, 1.54) is 11.4 Å². The Labute approximate surface area is 179 Å². The van der Waals surface area contributed by atoms with E-state index >= 15 is 0 Å². The number of ether oxygens (including phenoxy) is 1. The second-order valence-electron chi connectivity index (χ2n) is 6.00. The van der Waals surface area contributed by atoms with Gasteiger partial charge in [-0.2, -0.15) is 8.42 Å². The van der Waals surface area contributed by atoms with E-state index in [1.807, 2.05) is 30.3 Å². The van der Waals surface area contributed by atoms with Crippen molar-refractivity contribution >= 4 is 67.1 Å². The first-order valence-corrected chi connectivity index (χ1v) is 11.6. The molecular weight excluding hydrogens is 446 g/mol. The maximum Gasteiger partial charge on any atom is 0.349 e. The molecular formula is C19H13N3O5S3. The molecule has 1 fully saturated rings. The third kappa shape index (κ3) is 3.99. The van der Waals surface area contributed by atoms with Crippen LogP contribution in [0.15, 0.2) is 62.2 Å². The van der Waals surface area contributed by atoms with Gasteiger partial charge in [-0.3, -0.25) is 15.1 Å². The van der Waals surface area contributed by atoms with Crippen LogP contribution in [0.25, 0.3) is 17.0 Å². The Hall–Kier alpha value is -3.02. The summed E-state index contributed by atoms with van der Waals surface area (Å²) in [7, 11) is -3.04. The topological polar surface area (TPSA) is 115 Å². The van der Waals surface area contributed by atoms with E-state index in [9.17, 15) is 18.0 Å². The molecule has 11 heteroatoms. The number of sulfonamides is 1. The molecule has 0 saturated carbocycles. The Kier molecular flexibility index (Phi) is 5.41. The lowest BCUT2D eigenvalue weighted by Gasteiger charge is -2.01. The first kappa shape index (κ1) is 20.3. The van der Waals surface area contributed by atoms with E-state index in [2.05, 4.69) is 19.4 Å². The lowest BCUT2D eigenvalue weighted by Crippen LogP contribution is -2.21. The molecule has 0 atom stereocenters. The predicted octanol–water partition coefficient (Wildman–Crippen LogP) is 3.03. The molecule has 1 aliphatic rings. The molecule has 1 aromatic carbocycles. The summed E-state index contributed by atoms with van der Waals surface area (Å²) < 4.78 is 33.5. The number of fused-ring (bicyclic) bond motifs is 1. The molecule has 3 heterocycles. The molecule has 8 nitrogen and oxygen atoms in total. The minimum Gasteiger partial charge on any atom is -0.465 e. The molecule has 152 valence electrons. The average Bonchev–Trinajstić information content (AvgIpc) is 3.35. The van der Waals surface area contributed by atoms with E-state index in [1.54, 1.807) is 12.3 Å². The number of carbonyl (C=O) groups is 2. The predicted molar refractivity (Wildman–Crippen MR) is 116 cm³/mol. The van der Waals surface area contributed by atoms with Crippen molar-refractivity contribution in [3.8, 4) is 0 Å². The Morgan fingerprint density at radius 3 is 2.90 bits per heavy atom. The first-order chi connectivity index (χ1) is 14.4. The molecule has 0 unspecified atom stereocenters. The van der Waals surface area contributed by atoms with Crippen molar-refractivity contribution in [3.63, 3.8) is 0 Å². The number of hydrogen-bond acceptors (Lipinski definition) is 8. The highest BCUT2D eigenvalue weighted by Crippen LogP contribution is 2.30. The number of hydrogen-bond donors (Lipinski definition) is 1. The molecule has 30 heavy (non-hydrogen) atoms. The molecule has 1 amide bonds. The number of nitrogens with zero attached hydrogens (tertiary/aromatic N) is 2. The Bertz CT molecular complexity index is 1340. The van der Waals surface area contributed by atoms with Gasteiger partial charge in [0.05, 0.1) is 17.5 Å². The second kappa shape index (κ2) is 8.01. The van der Waals surface area contributed by atoms with Crippen LogP contribution in [-0.2, 0) is 19.6 Å². The fourth-order valence-corrected chi connectivity index (χ4v) is 6.01. The van der Waals surface area contributed by atoms with Gasteiger partial charge in [-0.25, -0.2) is 4.79 Å². The van der Waals surface area contributed by atoms with Crippen molar-refractivity contribution in [2.75, 3.05) is 7.11 Å². The number of thioether (sulfide) groups is 1. The third-order valence-corrected chi connectivity index (χ3v) is 7.42. The van der Waals surface area contributed by atoms with Gasteiger partial charge in [-0.1, -0.05) is 12.1 Å². The average molecular weight is 460 g/mol. The van der Waals surface area contributed by atoms with Crippen molar-refractivity contribution in [1.82, 2.24) is 10.3 Å². The maximum absolute atomic E-state index is 12.6. The van der Waals surface area contributed by atoms with Crippen LogP contribution in [-0.4, -0.2) is 37.6 Å². The van der Waals surface area contributed by atoms with Crippen molar-refractivity contribution < 1.29 is 22.7 Å². The first-order valence-electron chi connectivity index (χ1n) is 8.44. The number of methoxy groups -OCH3 is 1. The van der Waals surface area contributed by atoms with Crippen LogP contribution < -0.4 is 5.32 Å². The summed E-state index contributed by atoms with van der Waals surface area (Å²) in [6, 6.07) is 10.5. The van der Waals surface area contributed by atoms with E-state index in [0.29, 0.717) is 4.91 Å². The highest BCUT2D eigenvalue weighted by Gasteiger charge is 2.29. The summed E-state index contributed by atoms with van der Waals surface area (Å²) in [6.07, 6.45) is 3.34. The normalized spacial score (nSPS) is 16.9. The highest BCUT2D eigenvalue weighted by molar-refractivity contribution is 8.19. The van der Waals surface area contributed by atoms with E-state index in [-0.39, 0.29) is 14.9 Å². The van der Waals surface area contributed by atoms with Crippen LogP contribution in [0.1, 0.15) is 15.2 Å². The summed E-state index contributed by atoms with van der Waals surface area (Å²) in [5.41, 5.74) is 1.59. The molecule has 0 aliphatic carbocycles. The number of amidine groups is 1. The van der Waals surface area contributed by atoms with Crippen LogP contribution >= 0.6 is 23.1 Å². The number of esters is 1. The van der Waals surface area contributed by atoms with Gasteiger partial charge in [0.25, 0.3) is 15.9 Å². The summed E-state index contributed by atoms with van der Waals surface area (Å²) in [5, 5.41) is 4.73. The van der Waals surface area contributed by atoms with E-state index in [4.69, 9.17) is 0 Å². The summed E-state index contributed by atoms with van der Waals surface area (Å²) in [5.74, 6) is -1.22. The summed E-state index contributed by atoms with van der Waals surface area (Å²) >= 11 is 1.84. The van der Waals surface area contributed by atoms with Gasteiger partial charge in [0.2, 0.25) is 0 Å². The second-order valence-corrected chi connectivity index (χ2v) is 9.52. The van der Waals surface area contributed by atoms with E-state index < -0.39 is 21.9 Å². The Balaban J connectivity index is 1.62. The van der Waals surface area contributed by atoms with Gasteiger partial charge in [0.1, 0.15) is 9.77 Å². The number of amides is 1. The van der Waals surface area contributed by atoms with Gasteiger partial charge in [0.15, 0.2) is 5.17 Å². The zero-order valence-electron chi connectivity index (χ0n) is 15.4. The van der Waals surface area contributed by atoms with Gasteiger partial charge in [-0.15, -0.1) is 15.7 Å². The molecule has 4 rings (SSSR count). The molecule has 1 aliphatic heterocycles. The van der Waals surface area contributed by atoms with Gasteiger partial charge in [-0.05, 0) is 53.0 Å². The minimum absolute atomic E-state index is 0.0725. The molecule has 2 aromatic heterocycles. The molecule has 0 radical (unpaired) electrons. The van der Waals surface area contributed by atoms with Crippen molar-refractivity contribution in [1.29, 1.82) is 0 Å². The van der Waals surface area contributed by atoms with Crippen molar-refractivity contribution in [3.05, 3.63) is 63.3 Å². The van der Waals surface area contributed by atoms with Gasteiger partial charge in [0, 0.05) is 11.6 Å². The third-order valence-electron chi connectivity index (χ3n) is 4.06. The number of benzene rings is 1. The lowest BCUT2D eigenvalue weighted by molar-refractivity contribution is -0.115. The number of thiophene rings is 1. The van der Waals surface area contributed by atoms with Crippen LogP contribution in [0, 0.1) is 0 Å². The lowest BCUT2D eigenvalue weighted by atomic mass is 10.1. The smallest absolute Gasteiger partial charge is 0.349 e. The molecule has 1 N–H and O–H groups in total. The number of carbonyl (C=O) groups excluding carboxylic acids is 2. The van der Waals surface area contributed by atoms with Crippen LogP contribution in [0.4, 0.5) is 0 Å². The molecule has 0 bridgehead atoms. The van der Waals surface area contributed by atoms with Gasteiger partial charge >= 0.3 is 5.97 Å². The van der Waals surface area contributed by atoms with E-state index in [0.717, 1.165) is 46.7 Å². The number of aromatic nitrogens is 1. The SMILES string of the molecule is COC(=O)c1sccc1S(=O)(=O)/N=C1/NC(=O)/C(=C\c2ccc3ncccc3c2)S1. The Morgan fingerprint density at radius 2 is 2.10 bits per heavy atom. The number of pyridine rings is 1. The zero-order valence-corrected chi connectivity index (χ0v) is 17.8. The van der Waals surface area contributed by atoms with Crippen LogP contribution in [0.3, 0.4) is 0 Å². The monoisotopic (exact) mass is 459 g/mol.